The van der Waals surface area contributed by atoms with E-state index in [4.69, 9.17) is 9.47 Å². The minimum absolute atomic E-state index is 0.131. The molecule has 1 fully saturated rings. The number of ether oxygens (including phenoxy) is 2. The van der Waals surface area contributed by atoms with Gasteiger partial charge >= 0.3 is 0 Å². The molecule has 2 aliphatic rings. The molecule has 33 heavy (non-hydrogen) atoms. The molecule has 2 aromatic carbocycles. The molecule has 2 amide bonds. The zero-order valence-electron chi connectivity index (χ0n) is 18.8. The number of benzene rings is 2. The molecule has 0 aromatic heterocycles. The van der Waals surface area contributed by atoms with Crippen LogP contribution in [0.1, 0.15) is 19.4 Å². The Labute approximate surface area is 193 Å². The number of nitrogens with zero attached hydrogens (tertiary/aromatic N) is 2. The Morgan fingerprint density at radius 1 is 1.15 bits per heavy atom. The van der Waals surface area contributed by atoms with Crippen LogP contribution >= 0.6 is 0 Å². The third-order valence-corrected chi connectivity index (χ3v) is 7.87. The topological polar surface area (TPSA) is 105 Å². The summed E-state index contributed by atoms with van der Waals surface area (Å²) in [6, 6.07) is 11.6. The average molecular weight is 474 g/mol. The highest BCUT2D eigenvalue weighted by Gasteiger charge is 2.45. The molecule has 0 saturated carbocycles. The minimum Gasteiger partial charge on any atom is -0.497 e. The highest BCUT2D eigenvalue weighted by Crippen LogP contribution is 2.42. The van der Waals surface area contributed by atoms with Gasteiger partial charge in [-0.25, -0.2) is 8.42 Å². The van der Waals surface area contributed by atoms with Crippen LogP contribution in [0.4, 0.5) is 11.4 Å². The van der Waals surface area contributed by atoms with Crippen LogP contribution in [0.25, 0.3) is 0 Å². The quantitative estimate of drug-likeness (QED) is 0.688. The van der Waals surface area contributed by atoms with Gasteiger partial charge in [0.25, 0.3) is 0 Å². The third-order valence-electron chi connectivity index (χ3n) is 5.98. The van der Waals surface area contributed by atoms with Crippen LogP contribution in [-0.4, -0.2) is 64.5 Å². The van der Waals surface area contributed by atoms with Crippen molar-refractivity contribution in [2.75, 3.05) is 50.2 Å². The molecule has 176 valence electrons. The Hall–Kier alpha value is -2.95. The summed E-state index contributed by atoms with van der Waals surface area (Å²) in [5, 5.41) is 2.77. The predicted molar refractivity (Wildman–Crippen MR) is 123 cm³/mol. The largest absolute Gasteiger partial charge is 0.497 e. The lowest BCUT2D eigenvalue weighted by atomic mass is 9.86. The van der Waals surface area contributed by atoms with Crippen LogP contribution in [0, 0.1) is 0 Å². The van der Waals surface area contributed by atoms with Gasteiger partial charge in [-0.1, -0.05) is 6.07 Å². The average Bonchev–Trinajstić information content (AvgIpc) is 3.00. The summed E-state index contributed by atoms with van der Waals surface area (Å²) in [6.45, 7) is 4.56. The second-order valence-electron chi connectivity index (χ2n) is 8.49. The van der Waals surface area contributed by atoms with Crippen LogP contribution in [0.15, 0.2) is 47.4 Å². The Bertz CT molecular complexity index is 1190. The molecule has 0 spiro atoms. The molecule has 0 aliphatic carbocycles. The van der Waals surface area contributed by atoms with Crippen LogP contribution in [-0.2, 0) is 29.8 Å². The number of hydrogen-bond donors (Lipinski definition) is 1. The normalized spacial score (nSPS) is 18.2. The number of carbonyl (C=O) groups is 2. The molecule has 2 aliphatic heterocycles. The highest BCUT2D eigenvalue weighted by molar-refractivity contribution is 7.89. The number of nitrogens with one attached hydrogen (secondary N) is 1. The maximum atomic E-state index is 13.2. The number of anilines is 2. The number of methoxy groups -OCH3 is 1. The Balaban J connectivity index is 1.59. The molecule has 1 N–H and O–H groups in total. The van der Waals surface area contributed by atoms with E-state index in [0.717, 1.165) is 0 Å². The maximum absolute atomic E-state index is 13.2. The maximum Gasteiger partial charge on any atom is 0.244 e. The first-order valence-electron chi connectivity index (χ1n) is 10.6. The van der Waals surface area contributed by atoms with Gasteiger partial charge in [-0.05, 0) is 49.7 Å². The molecule has 0 bridgehead atoms. The number of amides is 2. The summed E-state index contributed by atoms with van der Waals surface area (Å²) >= 11 is 0. The van der Waals surface area contributed by atoms with Gasteiger partial charge in [0.1, 0.15) is 12.3 Å². The van der Waals surface area contributed by atoms with E-state index >= 15 is 0 Å². The Morgan fingerprint density at radius 3 is 2.58 bits per heavy atom. The van der Waals surface area contributed by atoms with E-state index in [1.807, 2.05) is 0 Å². The fourth-order valence-corrected chi connectivity index (χ4v) is 5.55. The second-order valence-corrected chi connectivity index (χ2v) is 10.4. The van der Waals surface area contributed by atoms with Crippen LogP contribution in [0.2, 0.25) is 0 Å². The fraction of sp³-hybridized carbons (Fsp3) is 0.391. The van der Waals surface area contributed by atoms with E-state index in [1.54, 1.807) is 50.2 Å². The van der Waals surface area contributed by atoms with Crippen molar-refractivity contribution >= 4 is 33.2 Å². The van der Waals surface area contributed by atoms with Gasteiger partial charge in [0.2, 0.25) is 21.8 Å². The summed E-state index contributed by atoms with van der Waals surface area (Å²) in [7, 11) is -2.17. The lowest BCUT2D eigenvalue weighted by Gasteiger charge is -2.26. The molecule has 1 saturated heterocycles. The van der Waals surface area contributed by atoms with Gasteiger partial charge in [0.15, 0.2) is 0 Å². The van der Waals surface area contributed by atoms with E-state index in [2.05, 4.69) is 5.32 Å². The lowest BCUT2D eigenvalue weighted by molar-refractivity contribution is -0.124. The van der Waals surface area contributed by atoms with E-state index in [0.29, 0.717) is 35.9 Å². The zero-order valence-corrected chi connectivity index (χ0v) is 19.6. The molecular formula is C23H27N3O6S. The molecule has 4 rings (SSSR count). The highest BCUT2D eigenvalue weighted by atomic mass is 32.2. The Morgan fingerprint density at radius 2 is 1.88 bits per heavy atom. The van der Waals surface area contributed by atoms with E-state index in [9.17, 15) is 18.0 Å². The van der Waals surface area contributed by atoms with E-state index in [-0.39, 0.29) is 36.3 Å². The monoisotopic (exact) mass is 473 g/mol. The number of hydrogen-bond acceptors (Lipinski definition) is 6. The second kappa shape index (κ2) is 8.77. The SMILES string of the molecule is COc1cccc(NC(=O)CN2C(=O)C(C)(C)c3cc(S(=O)(=O)N4CCOCC4)ccc32)c1. The van der Waals surface area contributed by atoms with Crippen molar-refractivity contribution in [3.63, 3.8) is 0 Å². The Kier molecular flexibility index (Phi) is 6.17. The molecule has 0 radical (unpaired) electrons. The summed E-state index contributed by atoms with van der Waals surface area (Å²) in [6.07, 6.45) is 0. The van der Waals surface area contributed by atoms with E-state index < -0.39 is 15.4 Å². The first kappa shape index (κ1) is 23.2. The summed E-state index contributed by atoms with van der Waals surface area (Å²) in [5.74, 6) is -0.0324. The molecule has 2 aromatic rings. The number of sulfonamides is 1. The van der Waals surface area contributed by atoms with Crippen molar-refractivity contribution < 1.29 is 27.5 Å². The van der Waals surface area contributed by atoms with E-state index in [1.165, 1.54) is 22.4 Å². The zero-order chi connectivity index (χ0) is 23.8. The number of fused-ring (bicyclic) bond motifs is 1. The van der Waals surface area contributed by atoms with Gasteiger partial charge in [-0.3, -0.25) is 9.59 Å². The molecule has 0 atom stereocenters. The van der Waals surface area contributed by atoms with Crippen molar-refractivity contribution in [2.24, 2.45) is 0 Å². The van der Waals surface area contributed by atoms with Crippen molar-refractivity contribution in [1.82, 2.24) is 4.31 Å². The number of morpholine rings is 1. The van der Waals surface area contributed by atoms with Crippen LogP contribution in [0.3, 0.4) is 0 Å². The van der Waals surface area contributed by atoms with Gasteiger partial charge in [-0.2, -0.15) is 4.31 Å². The minimum atomic E-state index is -3.71. The molecule has 0 unspecified atom stereocenters. The smallest absolute Gasteiger partial charge is 0.244 e. The van der Waals surface area contributed by atoms with Crippen molar-refractivity contribution in [2.45, 2.75) is 24.2 Å². The third kappa shape index (κ3) is 4.33. The number of carbonyl (C=O) groups excluding carboxylic acids is 2. The molecule has 10 heteroatoms. The first-order chi connectivity index (χ1) is 15.6. The van der Waals surface area contributed by atoms with Gasteiger partial charge in [-0.15, -0.1) is 0 Å². The standard InChI is InChI=1S/C23H27N3O6S/c1-23(2)19-14-18(33(29,30)25-9-11-32-12-10-25)7-8-20(19)26(22(23)28)15-21(27)24-16-5-4-6-17(13-16)31-3/h4-8,13-14H,9-12,15H2,1-3H3,(H,24,27). The van der Waals surface area contributed by atoms with Crippen LogP contribution in [0.5, 0.6) is 5.75 Å². The van der Waals surface area contributed by atoms with Gasteiger partial charge in [0.05, 0.1) is 30.6 Å². The lowest BCUT2D eigenvalue weighted by Crippen LogP contribution is -2.41. The first-order valence-corrected chi connectivity index (χ1v) is 12.1. The van der Waals surface area contributed by atoms with Crippen molar-refractivity contribution in [3.8, 4) is 5.75 Å². The molecular weight excluding hydrogens is 446 g/mol. The van der Waals surface area contributed by atoms with Crippen LogP contribution < -0.4 is 15.0 Å². The van der Waals surface area contributed by atoms with Gasteiger partial charge in [0, 0.05) is 30.5 Å². The van der Waals surface area contributed by atoms with Crippen molar-refractivity contribution in [1.29, 1.82) is 0 Å². The summed E-state index contributed by atoms with van der Waals surface area (Å²) in [4.78, 5) is 27.4. The van der Waals surface area contributed by atoms with Crippen molar-refractivity contribution in [3.05, 3.63) is 48.0 Å². The molecule has 9 nitrogen and oxygen atoms in total. The predicted octanol–water partition coefficient (Wildman–Crippen LogP) is 1.98. The molecule has 2 heterocycles. The fourth-order valence-electron chi connectivity index (χ4n) is 4.11. The van der Waals surface area contributed by atoms with Gasteiger partial charge < -0.3 is 19.7 Å². The number of rotatable bonds is 6. The summed E-state index contributed by atoms with van der Waals surface area (Å²) in [5.41, 5.74) is 0.697. The summed E-state index contributed by atoms with van der Waals surface area (Å²) < 4.78 is 38.0.